The Morgan fingerprint density at radius 1 is 1.32 bits per heavy atom. The Hall–Kier alpha value is -3.07. The minimum atomic E-state index is 0.0566. The van der Waals surface area contributed by atoms with Crippen molar-refractivity contribution in [2.75, 3.05) is 18.4 Å². The van der Waals surface area contributed by atoms with Crippen molar-refractivity contribution >= 4 is 34.3 Å². The van der Waals surface area contributed by atoms with Gasteiger partial charge in [0.25, 0.3) is 0 Å². The number of thiazole rings is 1. The van der Waals surface area contributed by atoms with Gasteiger partial charge in [-0.1, -0.05) is 0 Å². The fourth-order valence-corrected chi connectivity index (χ4v) is 4.53. The third kappa shape index (κ3) is 5.16. The molecule has 8 nitrogen and oxygen atoms in total. The molecule has 0 radical (unpaired) electrons. The molecule has 3 aromatic heterocycles. The maximum atomic E-state index is 12.8. The molecule has 0 spiro atoms. The fourth-order valence-electron chi connectivity index (χ4n) is 3.99. The number of anilines is 2. The monoisotopic (exact) mass is 437 g/mol. The van der Waals surface area contributed by atoms with E-state index in [-0.39, 0.29) is 5.91 Å². The number of nitrogens with zero attached hydrogens (tertiary/aromatic N) is 6. The third-order valence-corrected chi connectivity index (χ3v) is 6.37. The van der Waals surface area contributed by atoms with Gasteiger partial charge in [-0.05, 0) is 45.1 Å². The molecule has 162 valence electrons. The van der Waals surface area contributed by atoms with E-state index >= 15 is 0 Å². The first-order chi connectivity index (χ1) is 15.0. The van der Waals surface area contributed by atoms with E-state index < -0.39 is 0 Å². The lowest BCUT2D eigenvalue weighted by atomic mass is 9.93. The summed E-state index contributed by atoms with van der Waals surface area (Å²) in [6.07, 6.45) is 9.83. The van der Waals surface area contributed by atoms with Gasteiger partial charge in [-0.25, -0.2) is 15.0 Å². The van der Waals surface area contributed by atoms with Crippen molar-refractivity contribution < 1.29 is 4.79 Å². The van der Waals surface area contributed by atoms with Gasteiger partial charge in [0.2, 0.25) is 5.91 Å². The first-order valence-electron chi connectivity index (χ1n) is 10.4. The number of nitrogens with one attached hydrogen (secondary N) is 1. The van der Waals surface area contributed by atoms with Crippen LogP contribution in [0.4, 0.5) is 10.9 Å². The molecule has 4 heterocycles. The van der Waals surface area contributed by atoms with Crippen LogP contribution in [0.2, 0.25) is 0 Å². The zero-order valence-electron chi connectivity index (χ0n) is 18.1. The van der Waals surface area contributed by atoms with Crippen molar-refractivity contribution in [3.05, 3.63) is 52.7 Å². The Morgan fingerprint density at radius 2 is 2.19 bits per heavy atom. The molecule has 9 heteroatoms. The summed E-state index contributed by atoms with van der Waals surface area (Å²) >= 11 is 1.53. The normalized spacial score (nSPS) is 16.7. The number of hydrogen-bond acceptors (Lipinski definition) is 7. The number of likely N-dealkylation sites (tertiary alicyclic amines) is 1. The van der Waals surface area contributed by atoms with Gasteiger partial charge < -0.3 is 10.2 Å². The molecule has 0 saturated carbocycles. The molecule has 3 aromatic rings. The van der Waals surface area contributed by atoms with Crippen LogP contribution in [0.3, 0.4) is 0 Å². The highest BCUT2D eigenvalue weighted by Gasteiger charge is 2.23. The Balaban J connectivity index is 1.37. The maximum absolute atomic E-state index is 12.8. The van der Waals surface area contributed by atoms with Crippen molar-refractivity contribution in [2.24, 2.45) is 13.0 Å². The maximum Gasteiger partial charge on any atom is 0.246 e. The first-order valence-corrected chi connectivity index (χ1v) is 11.3. The van der Waals surface area contributed by atoms with E-state index in [4.69, 9.17) is 0 Å². The predicted molar refractivity (Wildman–Crippen MR) is 122 cm³/mol. The first kappa shape index (κ1) is 21.2. The average Bonchev–Trinajstić information content (AvgIpc) is 3.35. The topological polar surface area (TPSA) is 88.8 Å². The van der Waals surface area contributed by atoms with Crippen molar-refractivity contribution in [3.8, 4) is 0 Å². The summed E-state index contributed by atoms with van der Waals surface area (Å²) < 4.78 is 1.84. The second kappa shape index (κ2) is 9.38. The summed E-state index contributed by atoms with van der Waals surface area (Å²) in [4.78, 5) is 27.7. The Morgan fingerprint density at radius 3 is 2.94 bits per heavy atom. The Bertz CT molecular complexity index is 1070. The van der Waals surface area contributed by atoms with Crippen LogP contribution in [0.25, 0.3) is 6.08 Å². The predicted octanol–water partition coefficient (Wildman–Crippen LogP) is 3.52. The van der Waals surface area contributed by atoms with Gasteiger partial charge in [0.1, 0.15) is 12.1 Å². The summed E-state index contributed by atoms with van der Waals surface area (Å²) in [5.41, 5.74) is 3.99. The summed E-state index contributed by atoms with van der Waals surface area (Å²) in [5.74, 6) is 1.19. The third-order valence-electron chi connectivity index (χ3n) is 5.68. The van der Waals surface area contributed by atoms with E-state index in [1.54, 1.807) is 18.6 Å². The second-order valence-electron chi connectivity index (χ2n) is 7.89. The largest absolute Gasteiger partial charge is 0.339 e. The summed E-state index contributed by atoms with van der Waals surface area (Å²) in [7, 11) is 1.92. The van der Waals surface area contributed by atoms with Crippen molar-refractivity contribution in [1.82, 2.24) is 29.6 Å². The molecule has 1 N–H and O–H groups in total. The van der Waals surface area contributed by atoms with E-state index in [1.807, 2.05) is 48.0 Å². The highest BCUT2D eigenvalue weighted by molar-refractivity contribution is 7.13. The number of rotatable bonds is 6. The molecular formula is C22H27N7OS. The van der Waals surface area contributed by atoms with Crippen LogP contribution in [0.15, 0.2) is 30.0 Å². The average molecular weight is 438 g/mol. The van der Waals surface area contributed by atoms with Crippen molar-refractivity contribution in [3.63, 3.8) is 0 Å². The number of piperidine rings is 1. The fraction of sp³-hybridized carbons (Fsp3) is 0.409. The summed E-state index contributed by atoms with van der Waals surface area (Å²) in [6, 6.07) is 1.97. The van der Waals surface area contributed by atoms with E-state index in [0.717, 1.165) is 65.9 Å². The smallest absolute Gasteiger partial charge is 0.246 e. The summed E-state index contributed by atoms with van der Waals surface area (Å²) in [6.45, 7) is 5.52. The molecule has 1 atom stereocenters. The van der Waals surface area contributed by atoms with Crippen LogP contribution in [0.1, 0.15) is 35.5 Å². The molecule has 31 heavy (non-hydrogen) atoms. The molecule has 0 aromatic carbocycles. The number of aromatic nitrogens is 5. The summed E-state index contributed by atoms with van der Waals surface area (Å²) in [5, 5.41) is 10.3. The molecule has 0 aliphatic carbocycles. The number of amides is 1. The minimum absolute atomic E-state index is 0.0566. The molecule has 0 bridgehead atoms. The Labute approximate surface area is 186 Å². The molecular weight excluding hydrogens is 410 g/mol. The number of hydrogen-bond donors (Lipinski definition) is 1. The van der Waals surface area contributed by atoms with E-state index in [2.05, 4.69) is 25.4 Å². The van der Waals surface area contributed by atoms with Gasteiger partial charge >= 0.3 is 0 Å². The molecule has 1 amide bonds. The molecule has 1 fully saturated rings. The molecule has 1 aliphatic rings. The second-order valence-corrected chi connectivity index (χ2v) is 8.79. The standard InChI is InChI=1S/C22H27N7OS/c1-15-19(16(2)28(3)27-15)6-7-21(30)29-9-4-5-17(13-29)11-18-12-20(25-14-24-18)26-22-23-8-10-31-22/h6-8,10,12,14,17H,4-5,9,11,13H2,1-3H3,(H,23,24,25,26)/b7-6+/t17-/m0/s1. The number of carbonyl (C=O) groups is 1. The zero-order chi connectivity index (χ0) is 21.8. The number of carbonyl (C=O) groups excluding carboxylic acids is 1. The van der Waals surface area contributed by atoms with E-state index in [9.17, 15) is 4.79 Å². The van der Waals surface area contributed by atoms with E-state index in [0.29, 0.717) is 5.92 Å². The van der Waals surface area contributed by atoms with Crippen LogP contribution in [-0.2, 0) is 18.3 Å². The van der Waals surface area contributed by atoms with Crippen LogP contribution < -0.4 is 5.32 Å². The molecule has 1 saturated heterocycles. The van der Waals surface area contributed by atoms with E-state index in [1.165, 1.54) is 11.3 Å². The van der Waals surface area contributed by atoms with Crippen LogP contribution in [0, 0.1) is 19.8 Å². The molecule has 4 rings (SSSR count). The lowest BCUT2D eigenvalue weighted by Gasteiger charge is -2.32. The van der Waals surface area contributed by atoms with Crippen LogP contribution in [-0.4, -0.2) is 48.6 Å². The van der Waals surface area contributed by atoms with Gasteiger partial charge in [0, 0.05) is 60.8 Å². The highest BCUT2D eigenvalue weighted by Crippen LogP contribution is 2.23. The van der Waals surface area contributed by atoms with Crippen molar-refractivity contribution in [2.45, 2.75) is 33.1 Å². The van der Waals surface area contributed by atoms with Crippen molar-refractivity contribution in [1.29, 1.82) is 0 Å². The van der Waals surface area contributed by atoms with Gasteiger partial charge in [-0.2, -0.15) is 5.10 Å². The lowest BCUT2D eigenvalue weighted by Crippen LogP contribution is -2.39. The Kier molecular flexibility index (Phi) is 6.41. The molecule has 0 unspecified atom stereocenters. The van der Waals surface area contributed by atoms with Gasteiger partial charge in [0.15, 0.2) is 5.13 Å². The number of aryl methyl sites for hydroxylation is 2. The minimum Gasteiger partial charge on any atom is -0.339 e. The van der Waals surface area contributed by atoms with Gasteiger partial charge in [-0.3, -0.25) is 9.48 Å². The molecule has 1 aliphatic heterocycles. The van der Waals surface area contributed by atoms with Gasteiger partial charge in [-0.15, -0.1) is 11.3 Å². The SMILES string of the molecule is Cc1nn(C)c(C)c1/C=C/C(=O)N1CCC[C@@H](Cc2cc(Nc3nccs3)ncn2)C1. The zero-order valence-corrected chi connectivity index (χ0v) is 18.9. The highest BCUT2D eigenvalue weighted by atomic mass is 32.1. The van der Waals surface area contributed by atoms with Crippen LogP contribution >= 0.6 is 11.3 Å². The lowest BCUT2D eigenvalue weighted by molar-refractivity contribution is -0.127. The van der Waals surface area contributed by atoms with Gasteiger partial charge in [0.05, 0.1) is 5.69 Å². The van der Waals surface area contributed by atoms with Crippen LogP contribution in [0.5, 0.6) is 0 Å². The quantitative estimate of drug-likeness (QED) is 0.594.